The predicted octanol–water partition coefficient (Wildman–Crippen LogP) is 0.288. The fourth-order valence-corrected chi connectivity index (χ4v) is 3.76. The SMILES string of the molecule is O=C1c2ccccc2-c2c1c1ccccc1c(=O)n2C[C@H](O)[C@@H](O)[C@H](O)CO. The fraction of sp³-hybridized carbons (Fsp3) is 0.238. The van der Waals surface area contributed by atoms with E-state index in [9.17, 15) is 24.9 Å². The summed E-state index contributed by atoms with van der Waals surface area (Å²) in [7, 11) is 0. The summed E-state index contributed by atoms with van der Waals surface area (Å²) in [5, 5.41) is 39.8. The molecule has 1 aliphatic rings. The zero-order valence-corrected chi connectivity index (χ0v) is 14.8. The number of rotatable bonds is 5. The molecule has 0 bridgehead atoms. The highest BCUT2D eigenvalue weighted by molar-refractivity contribution is 6.26. The lowest BCUT2D eigenvalue weighted by atomic mass is 10.0. The van der Waals surface area contributed by atoms with Crippen molar-refractivity contribution in [3.05, 3.63) is 70.0 Å². The van der Waals surface area contributed by atoms with Gasteiger partial charge in [0.2, 0.25) is 0 Å². The van der Waals surface area contributed by atoms with Gasteiger partial charge in [-0.05, 0) is 6.07 Å². The molecule has 4 rings (SSSR count). The Kier molecular flexibility index (Phi) is 4.60. The maximum Gasteiger partial charge on any atom is 0.259 e. The smallest absolute Gasteiger partial charge is 0.259 e. The van der Waals surface area contributed by atoms with E-state index in [2.05, 4.69) is 0 Å². The number of aliphatic hydroxyl groups excluding tert-OH is 4. The number of nitrogens with zero attached hydrogens (tertiary/aromatic N) is 1. The van der Waals surface area contributed by atoms with Crippen LogP contribution in [0.3, 0.4) is 0 Å². The molecule has 1 heterocycles. The average molecular weight is 381 g/mol. The first kappa shape index (κ1) is 18.5. The molecule has 0 spiro atoms. The highest BCUT2D eigenvalue weighted by Crippen LogP contribution is 2.39. The Bertz CT molecular complexity index is 1140. The van der Waals surface area contributed by atoms with E-state index in [0.717, 1.165) is 0 Å². The maximum atomic E-state index is 13.1. The first-order valence-electron chi connectivity index (χ1n) is 8.90. The molecule has 0 fully saturated rings. The van der Waals surface area contributed by atoms with Crippen molar-refractivity contribution in [1.82, 2.24) is 4.57 Å². The molecule has 3 aromatic rings. The Balaban J connectivity index is 1.97. The second-order valence-corrected chi connectivity index (χ2v) is 6.87. The van der Waals surface area contributed by atoms with Crippen LogP contribution in [0.5, 0.6) is 0 Å². The lowest BCUT2D eigenvalue weighted by Gasteiger charge is -2.24. The molecule has 0 saturated heterocycles. The van der Waals surface area contributed by atoms with Crippen LogP contribution in [0, 0.1) is 0 Å². The number of pyridine rings is 1. The molecule has 4 N–H and O–H groups in total. The lowest BCUT2D eigenvalue weighted by molar-refractivity contribution is -0.0806. The van der Waals surface area contributed by atoms with E-state index in [-0.39, 0.29) is 12.3 Å². The standard InChI is InChI=1S/C21H19NO6/c23-10-16(25)20(27)15(24)9-22-18-12-6-2-3-7-13(12)19(26)17(18)11-5-1-4-8-14(11)21(22)28/h1-8,15-16,20,23-25,27H,9-10H2/t15-,16+,20+/m0/s1. The second kappa shape index (κ2) is 6.96. The van der Waals surface area contributed by atoms with Crippen molar-refractivity contribution in [3.8, 4) is 11.3 Å². The van der Waals surface area contributed by atoms with E-state index in [1.807, 2.05) is 0 Å². The van der Waals surface area contributed by atoms with Crippen LogP contribution in [0.1, 0.15) is 15.9 Å². The molecule has 1 aromatic heterocycles. The zero-order chi connectivity index (χ0) is 20.0. The van der Waals surface area contributed by atoms with Gasteiger partial charge in [-0.1, -0.05) is 42.5 Å². The van der Waals surface area contributed by atoms with Gasteiger partial charge in [-0.15, -0.1) is 0 Å². The number of aromatic nitrogens is 1. The van der Waals surface area contributed by atoms with E-state index >= 15 is 0 Å². The van der Waals surface area contributed by atoms with Gasteiger partial charge in [-0.3, -0.25) is 9.59 Å². The fourth-order valence-electron chi connectivity index (χ4n) is 3.76. The van der Waals surface area contributed by atoms with Gasteiger partial charge in [0, 0.05) is 21.9 Å². The Morgan fingerprint density at radius 3 is 2.11 bits per heavy atom. The summed E-state index contributed by atoms with van der Waals surface area (Å²) in [6.45, 7) is -1.07. The maximum absolute atomic E-state index is 13.1. The zero-order valence-electron chi connectivity index (χ0n) is 14.8. The molecule has 28 heavy (non-hydrogen) atoms. The van der Waals surface area contributed by atoms with Crippen molar-refractivity contribution in [2.45, 2.75) is 24.9 Å². The third-order valence-electron chi connectivity index (χ3n) is 5.18. The largest absolute Gasteiger partial charge is 0.394 e. The molecule has 7 heteroatoms. The van der Waals surface area contributed by atoms with Crippen LogP contribution >= 0.6 is 0 Å². The van der Waals surface area contributed by atoms with Gasteiger partial charge < -0.3 is 25.0 Å². The molecule has 144 valence electrons. The number of aliphatic hydroxyl groups is 4. The highest BCUT2D eigenvalue weighted by Gasteiger charge is 2.34. The summed E-state index contributed by atoms with van der Waals surface area (Å²) in [6.07, 6.45) is -4.72. The molecule has 0 aliphatic heterocycles. The van der Waals surface area contributed by atoms with E-state index in [1.54, 1.807) is 48.5 Å². The summed E-state index contributed by atoms with van der Waals surface area (Å²) in [4.78, 5) is 26.2. The molecular weight excluding hydrogens is 362 g/mol. The molecule has 0 saturated carbocycles. The van der Waals surface area contributed by atoms with Gasteiger partial charge in [-0.25, -0.2) is 0 Å². The lowest BCUT2D eigenvalue weighted by Crippen LogP contribution is -2.43. The van der Waals surface area contributed by atoms with Crippen molar-refractivity contribution >= 4 is 16.6 Å². The third kappa shape index (κ3) is 2.68. The Morgan fingerprint density at radius 1 is 0.821 bits per heavy atom. The summed E-state index contributed by atoms with van der Waals surface area (Å²) in [5.74, 6) is -0.207. The number of fused-ring (bicyclic) bond motifs is 5. The summed E-state index contributed by atoms with van der Waals surface area (Å²) in [6, 6.07) is 13.7. The van der Waals surface area contributed by atoms with E-state index in [1.165, 1.54) is 4.57 Å². The minimum absolute atomic E-state index is 0.207. The Morgan fingerprint density at radius 2 is 1.43 bits per heavy atom. The number of hydrogen-bond donors (Lipinski definition) is 4. The van der Waals surface area contributed by atoms with Crippen LogP contribution < -0.4 is 5.56 Å². The normalized spacial score (nSPS) is 15.9. The van der Waals surface area contributed by atoms with Crippen molar-refractivity contribution < 1.29 is 25.2 Å². The van der Waals surface area contributed by atoms with Gasteiger partial charge in [-0.2, -0.15) is 0 Å². The summed E-state index contributed by atoms with van der Waals surface area (Å²) in [5.41, 5.74) is 1.39. The minimum Gasteiger partial charge on any atom is -0.394 e. The number of hydrogen-bond acceptors (Lipinski definition) is 6. The molecule has 2 aromatic carbocycles. The molecule has 0 amide bonds. The topological polar surface area (TPSA) is 120 Å². The Hall–Kier alpha value is -2.84. The third-order valence-corrected chi connectivity index (χ3v) is 5.18. The molecule has 7 nitrogen and oxygen atoms in total. The van der Waals surface area contributed by atoms with Crippen LogP contribution in [0.25, 0.3) is 22.0 Å². The molecule has 0 unspecified atom stereocenters. The van der Waals surface area contributed by atoms with Crippen LogP contribution in [0.2, 0.25) is 0 Å². The van der Waals surface area contributed by atoms with E-state index < -0.39 is 30.5 Å². The summed E-state index contributed by atoms with van der Waals surface area (Å²) >= 11 is 0. The van der Waals surface area contributed by atoms with Gasteiger partial charge in [0.05, 0.1) is 24.4 Å². The molecule has 3 atom stereocenters. The number of ketones is 1. The van der Waals surface area contributed by atoms with Crippen molar-refractivity contribution in [2.75, 3.05) is 6.61 Å². The van der Waals surface area contributed by atoms with Gasteiger partial charge in [0.1, 0.15) is 18.3 Å². The molecule has 1 aliphatic carbocycles. The van der Waals surface area contributed by atoms with Crippen molar-refractivity contribution in [1.29, 1.82) is 0 Å². The quantitative estimate of drug-likeness (QED) is 0.394. The number of carbonyl (C=O) groups excluding carboxylic acids is 1. The van der Waals surface area contributed by atoms with Gasteiger partial charge in [0.15, 0.2) is 5.78 Å². The first-order chi connectivity index (χ1) is 13.5. The van der Waals surface area contributed by atoms with Crippen LogP contribution in [-0.4, -0.2) is 55.7 Å². The number of carbonyl (C=O) groups is 1. The number of benzene rings is 2. The van der Waals surface area contributed by atoms with Crippen molar-refractivity contribution in [2.24, 2.45) is 0 Å². The second-order valence-electron chi connectivity index (χ2n) is 6.87. The van der Waals surface area contributed by atoms with Gasteiger partial charge in [0.25, 0.3) is 5.56 Å². The van der Waals surface area contributed by atoms with Gasteiger partial charge >= 0.3 is 0 Å². The minimum atomic E-state index is -1.65. The first-order valence-corrected chi connectivity index (χ1v) is 8.90. The monoisotopic (exact) mass is 381 g/mol. The molecule has 0 radical (unpaired) electrons. The van der Waals surface area contributed by atoms with Crippen molar-refractivity contribution in [3.63, 3.8) is 0 Å². The Labute approximate surface area is 159 Å². The van der Waals surface area contributed by atoms with Crippen LogP contribution in [-0.2, 0) is 6.54 Å². The van der Waals surface area contributed by atoms with Crippen LogP contribution in [0.4, 0.5) is 0 Å². The molecular formula is C21H19NO6. The summed E-state index contributed by atoms with van der Waals surface area (Å²) < 4.78 is 1.26. The van der Waals surface area contributed by atoms with E-state index in [0.29, 0.717) is 33.2 Å². The van der Waals surface area contributed by atoms with E-state index in [4.69, 9.17) is 5.11 Å². The predicted molar refractivity (Wildman–Crippen MR) is 102 cm³/mol. The van der Waals surface area contributed by atoms with Crippen LogP contribution in [0.15, 0.2) is 53.3 Å². The average Bonchev–Trinajstić information content (AvgIpc) is 3.02. The highest BCUT2D eigenvalue weighted by atomic mass is 16.4.